The molecule has 0 aromatic carbocycles. The second-order valence-corrected chi connectivity index (χ2v) is 4.66. The topological polar surface area (TPSA) is 41.3 Å². The lowest BCUT2D eigenvalue weighted by atomic mass is 10.2. The summed E-state index contributed by atoms with van der Waals surface area (Å²) in [5, 5.41) is 14.2. The summed E-state index contributed by atoms with van der Waals surface area (Å²) in [5.74, 6) is 0. The van der Waals surface area contributed by atoms with Crippen LogP contribution in [0.2, 0.25) is 0 Å². The van der Waals surface area contributed by atoms with E-state index in [0.717, 1.165) is 29.7 Å². The van der Waals surface area contributed by atoms with Gasteiger partial charge < -0.3 is 10.0 Å². The van der Waals surface area contributed by atoms with E-state index in [1.165, 1.54) is 0 Å². The molecule has 1 rings (SSSR count). The third-order valence-electron chi connectivity index (χ3n) is 2.30. The van der Waals surface area contributed by atoms with Crippen LogP contribution in [0, 0.1) is 0 Å². The molecule has 0 radical (unpaired) electrons. The minimum Gasteiger partial charge on any atom is -0.387 e. The summed E-state index contributed by atoms with van der Waals surface area (Å²) in [6.07, 6.45) is 2.00. The zero-order valence-electron chi connectivity index (χ0n) is 9.44. The molecule has 0 aliphatic heterocycles. The predicted octanol–water partition coefficient (Wildman–Crippen LogP) is 1.65. The van der Waals surface area contributed by atoms with E-state index in [-0.39, 0.29) is 0 Å². The number of halogens is 1. The minimum atomic E-state index is -0.454. The highest BCUT2D eigenvalue weighted by molar-refractivity contribution is 9.10. The summed E-state index contributed by atoms with van der Waals surface area (Å²) in [5.41, 5.74) is 0.874. The predicted molar refractivity (Wildman–Crippen MR) is 63.7 cm³/mol. The van der Waals surface area contributed by atoms with Crippen LogP contribution in [-0.2, 0) is 6.54 Å². The van der Waals surface area contributed by atoms with Gasteiger partial charge in [0.05, 0.1) is 22.5 Å². The van der Waals surface area contributed by atoms with Crippen LogP contribution < -0.4 is 0 Å². The Labute approximate surface area is 99.0 Å². The third kappa shape index (κ3) is 3.29. The second kappa shape index (κ2) is 5.63. The maximum absolute atomic E-state index is 10.0. The third-order valence-corrected chi connectivity index (χ3v) is 2.91. The number of aliphatic hydroxyl groups is 1. The number of aliphatic hydroxyl groups excluding tert-OH is 1. The van der Waals surface area contributed by atoms with Crippen molar-refractivity contribution in [2.45, 2.75) is 26.0 Å². The molecule has 0 bridgehead atoms. The van der Waals surface area contributed by atoms with Crippen molar-refractivity contribution in [1.82, 2.24) is 14.7 Å². The van der Waals surface area contributed by atoms with Gasteiger partial charge in [-0.25, -0.2) is 0 Å². The number of aromatic nitrogens is 2. The summed E-state index contributed by atoms with van der Waals surface area (Å²) >= 11 is 3.41. The highest BCUT2D eigenvalue weighted by Gasteiger charge is 2.16. The minimum absolute atomic E-state index is 0.454. The monoisotopic (exact) mass is 275 g/mol. The molecular formula is C10H18BrN3O. The molecule has 0 aliphatic carbocycles. The van der Waals surface area contributed by atoms with Gasteiger partial charge in [0.1, 0.15) is 0 Å². The lowest BCUT2D eigenvalue weighted by molar-refractivity contribution is 0.143. The van der Waals surface area contributed by atoms with Crippen molar-refractivity contribution in [3.8, 4) is 0 Å². The maximum atomic E-state index is 10.0. The van der Waals surface area contributed by atoms with E-state index in [9.17, 15) is 5.11 Å². The van der Waals surface area contributed by atoms with E-state index in [4.69, 9.17) is 0 Å². The van der Waals surface area contributed by atoms with Crippen LogP contribution >= 0.6 is 15.9 Å². The molecule has 0 aliphatic rings. The number of hydrogen-bond donors (Lipinski definition) is 1. The van der Waals surface area contributed by atoms with Crippen molar-refractivity contribution in [3.63, 3.8) is 0 Å². The van der Waals surface area contributed by atoms with Crippen LogP contribution in [0.4, 0.5) is 0 Å². The Balaban J connectivity index is 2.71. The molecule has 1 aromatic rings. The Hall–Kier alpha value is -0.390. The highest BCUT2D eigenvalue weighted by atomic mass is 79.9. The summed E-state index contributed by atoms with van der Waals surface area (Å²) in [7, 11) is 4.00. The Bertz CT molecular complexity index is 312. The normalized spacial score (nSPS) is 13.5. The first kappa shape index (κ1) is 12.7. The van der Waals surface area contributed by atoms with Gasteiger partial charge in [0.15, 0.2) is 0 Å². The molecule has 0 spiro atoms. The molecule has 1 atom stereocenters. The quantitative estimate of drug-likeness (QED) is 0.889. The molecule has 86 valence electrons. The number of hydrogen-bond acceptors (Lipinski definition) is 3. The van der Waals surface area contributed by atoms with Gasteiger partial charge in [0.25, 0.3) is 0 Å². The average molecular weight is 276 g/mol. The van der Waals surface area contributed by atoms with Gasteiger partial charge in [-0.2, -0.15) is 5.10 Å². The fraction of sp³-hybridized carbons (Fsp3) is 0.700. The van der Waals surface area contributed by atoms with Crippen molar-refractivity contribution < 1.29 is 5.11 Å². The van der Waals surface area contributed by atoms with Gasteiger partial charge in [0.2, 0.25) is 0 Å². The van der Waals surface area contributed by atoms with Crippen LogP contribution in [0.25, 0.3) is 0 Å². The first-order valence-corrected chi connectivity index (χ1v) is 5.89. The zero-order chi connectivity index (χ0) is 11.4. The summed E-state index contributed by atoms with van der Waals surface area (Å²) in [6.45, 7) is 3.66. The molecule has 4 nitrogen and oxygen atoms in total. The van der Waals surface area contributed by atoms with Gasteiger partial charge in [-0.1, -0.05) is 0 Å². The molecule has 0 amide bonds. The van der Waals surface area contributed by atoms with Crippen LogP contribution in [0.1, 0.15) is 25.1 Å². The van der Waals surface area contributed by atoms with Crippen LogP contribution in [-0.4, -0.2) is 40.4 Å². The van der Waals surface area contributed by atoms with Crippen molar-refractivity contribution in [2.75, 3.05) is 20.6 Å². The molecule has 1 unspecified atom stereocenters. The molecule has 1 heterocycles. The Morgan fingerprint density at radius 1 is 1.60 bits per heavy atom. The molecule has 1 N–H and O–H groups in total. The van der Waals surface area contributed by atoms with Crippen LogP contribution in [0.15, 0.2) is 10.7 Å². The van der Waals surface area contributed by atoms with Gasteiger partial charge in [0, 0.05) is 13.1 Å². The smallest absolute Gasteiger partial charge is 0.0980 e. The van der Waals surface area contributed by atoms with Crippen molar-refractivity contribution in [1.29, 1.82) is 0 Å². The molecule has 5 heteroatoms. The van der Waals surface area contributed by atoms with E-state index in [0.29, 0.717) is 0 Å². The lowest BCUT2D eigenvalue weighted by Crippen LogP contribution is -2.17. The van der Waals surface area contributed by atoms with E-state index >= 15 is 0 Å². The summed E-state index contributed by atoms with van der Waals surface area (Å²) < 4.78 is 2.71. The Morgan fingerprint density at radius 2 is 2.27 bits per heavy atom. The van der Waals surface area contributed by atoms with Crippen molar-refractivity contribution >= 4 is 15.9 Å². The van der Waals surface area contributed by atoms with E-state index in [1.807, 2.05) is 25.7 Å². The van der Waals surface area contributed by atoms with Gasteiger partial charge in [-0.05, 0) is 43.4 Å². The molecular weight excluding hydrogens is 258 g/mol. The number of aryl methyl sites for hydroxylation is 1. The molecule has 0 saturated heterocycles. The first-order chi connectivity index (χ1) is 7.06. The summed E-state index contributed by atoms with van der Waals surface area (Å²) in [6, 6.07) is 0. The van der Waals surface area contributed by atoms with E-state index < -0.39 is 6.10 Å². The largest absolute Gasteiger partial charge is 0.387 e. The Kier molecular flexibility index (Phi) is 4.76. The van der Waals surface area contributed by atoms with Crippen molar-refractivity contribution in [2.24, 2.45) is 0 Å². The van der Waals surface area contributed by atoms with Gasteiger partial charge >= 0.3 is 0 Å². The Morgan fingerprint density at radius 3 is 2.80 bits per heavy atom. The van der Waals surface area contributed by atoms with E-state index in [1.54, 1.807) is 6.20 Å². The van der Waals surface area contributed by atoms with Crippen molar-refractivity contribution in [3.05, 3.63) is 16.4 Å². The molecule has 1 aromatic heterocycles. The van der Waals surface area contributed by atoms with Crippen LogP contribution in [0.5, 0.6) is 0 Å². The van der Waals surface area contributed by atoms with Gasteiger partial charge in [-0.15, -0.1) is 0 Å². The second-order valence-electron chi connectivity index (χ2n) is 3.80. The maximum Gasteiger partial charge on any atom is 0.0980 e. The molecule has 0 fully saturated rings. The fourth-order valence-electron chi connectivity index (χ4n) is 1.47. The van der Waals surface area contributed by atoms with Crippen LogP contribution in [0.3, 0.4) is 0 Å². The molecule has 0 saturated carbocycles. The summed E-state index contributed by atoms with van der Waals surface area (Å²) in [4.78, 5) is 2.06. The lowest BCUT2D eigenvalue weighted by Gasteiger charge is -2.16. The first-order valence-electron chi connectivity index (χ1n) is 5.10. The standard InChI is InChI=1S/C10H18BrN3O/c1-4-14-10(8(11)7-12-14)9(15)5-6-13(2)3/h7,9,15H,4-6H2,1-3H3. The molecule has 15 heavy (non-hydrogen) atoms. The average Bonchev–Trinajstić information content (AvgIpc) is 2.56. The SMILES string of the molecule is CCn1ncc(Br)c1C(O)CCN(C)C. The zero-order valence-corrected chi connectivity index (χ0v) is 11.0. The highest BCUT2D eigenvalue weighted by Crippen LogP contribution is 2.25. The fourth-order valence-corrected chi connectivity index (χ4v) is 2.03. The van der Waals surface area contributed by atoms with E-state index in [2.05, 4.69) is 25.9 Å². The number of nitrogens with zero attached hydrogens (tertiary/aromatic N) is 3. The number of rotatable bonds is 5. The van der Waals surface area contributed by atoms with Gasteiger partial charge in [-0.3, -0.25) is 4.68 Å².